The second-order valence-electron chi connectivity index (χ2n) is 8.51. The Morgan fingerprint density at radius 2 is 1.88 bits per heavy atom. The summed E-state index contributed by atoms with van der Waals surface area (Å²) in [5, 5.41) is 7.57. The van der Waals surface area contributed by atoms with Crippen LogP contribution < -0.4 is 10.1 Å². The van der Waals surface area contributed by atoms with E-state index in [1.807, 2.05) is 10.9 Å². The second kappa shape index (κ2) is 11.2. The summed E-state index contributed by atoms with van der Waals surface area (Å²) in [5.41, 5.74) is 2.62. The van der Waals surface area contributed by atoms with Crippen molar-refractivity contribution in [1.82, 2.24) is 24.6 Å². The van der Waals surface area contributed by atoms with Crippen LogP contribution in [0.2, 0.25) is 0 Å². The minimum Gasteiger partial charge on any atom is -0.494 e. The fourth-order valence-corrected chi connectivity index (χ4v) is 4.11. The van der Waals surface area contributed by atoms with Crippen LogP contribution >= 0.6 is 0 Å². The zero-order valence-corrected chi connectivity index (χ0v) is 19.8. The number of Topliss-reactive ketones (excluding diaryl/α,β-unsaturated/α-hetero) is 1. The largest absolute Gasteiger partial charge is 0.494 e. The first-order chi connectivity index (χ1) is 16.6. The summed E-state index contributed by atoms with van der Waals surface area (Å²) in [7, 11) is 1.40. The van der Waals surface area contributed by atoms with Crippen molar-refractivity contribution in [2.45, 2.75) is 45.6 Å². The van der Waals surface area contributed by atoms with Gasteiger partial charge in [0.1, 0.15) is 0 Å². The fourth-order valence-electron chi connectivity index (χ4n) is 4.11. The maximum Gasteiger partial charge on any atom is 0.227 e. The van der Waals surface area contributed by atoms with E-state index in [4.69, 9.17) is 4.74 Å². The van der Waals surface area contributed by atoms with E-state index >= 15 is 0 Å². The number of nitrogens with one attached hydrogen (secondary N) is 1. The number of carbonyl (C=O) groups is 1. The molecule has 4 rings (SSSR count). The second-order valence-corrected chi connectivity index (χ2v) is 8.51. The van der Waals surface area contributed by atoms with Crippen LogP contribution in [0.4, 0.5) is 16.0 Å². The standard InChI is InChI=1S/C25H31FN6O2/c1-3-22(33)20-12-19(24(26)23(13-20)34-2)7-6-18-14-27-25(28-15-18)30-21-16-29-32(17-21)11-10-31-8-4-5-9-31/h12-17H,3-11H2,1-2H3,(H,27,28,30). The first-order valence-electron chi connectivity index (χ1n) is 11.8. The van der Waals surface area contributed by atoms with E-state index < -0.39 is 5.82 Å². The smallest absolute Gasteiger partial charge is 0.227 e. The predicted octanol–water partition coefficient (Wildman–Crippen LogP) is 4.04. The Balaban J connectivity index is 1.33. The Kier molecular flexibility index (Phi) is 7.84. The third-order valence-electron chi connectivity index (χ3n) is 6.10. The number of rotatable bonds is 11. The molecule has 0 radical (unpaired) electrons. The number of hydrogen-bond donors (Lipinski definition) is 1. The number of aryl methyl sites for hydroxylation is 2. The van der Waals surface area contributed by atoms with Crippen molar-refractivity contribution in [3.8, 4) is 5.75 Å². The number of hydrogen-bond acceptors (Lipinski definition) is 7. The number of halogens is 1. The Hall–Kier alpha value is -3.33. The number of benzene rings is 1. The van der Waals surface area contributed by atoms with Gasteiger partial charge in [-0.05, 0) is 62.0 Å². The molecule has 34 heavy (non-hydrogen) atoms. The summed E-state index contributed by atoms with van der Waals surface area (Å²) < 4.78 is 21.7. The van der Waals surface area contributed by atoms with Crippen molar-refractivity contribution >= 4 is 17.4 Å². The summed E-state index contributed by atoms with van der Waals surface area (Å²) in [4.78, 5) is 23.3. The van der Waals surface area contributed by atoms with E-state index in [0.29, 0.717) is 36.3 Å². The van der Waals surface area contributed by atoms with Crippen molar-refractivity contribution in [3.05, 3.63) is 59.4 Å². The summed E-state index contributed by atoms with van der Waals surface area (Å²) in [6, 6.07) is 3.07. The number of nitrogens with zero attached hydrogens (tertiary/aromatic N) is 5. The van der Waals surface area contributed by atoms with Gasteiger partial charge in [0, 0.05) is 37.1 Å². The molecule has 9 heteroatoms. The summed E-state index contributed by atoms with van der Waals surface area (Å²) >= 11 is 0. The van der Waals surface area contributed by atoms with Crippen LogP contribution in [-0.4, -0.2) is 57.2 Å². The van der Waals surface area contributed by atoms with Crippen molar-refractivity contribution < 1.29 is 13.9 Å². The van der Waals surface area contributed by atoms with Crippen LogP contribution in [0, 0.1) is 5.82 Å². The lowest BCUT2D eigenvalue weighted by molar-refractivity contribution is 0.0987. The SMILES string of the molecule is CCC(=O)c1cc(CCc2cnc(Nc3cnn(CCN4CCCC4)c3)nc2)c(F)c(OC)c1. The fraction of sp³-hybridized carbons (Fsp3) is 0.440. The number of likely N-dealkylation sites (tertiary alicyclic amines) is 1. The van der Waals surface area contributed by atoms with Gasteiger partial charge in [0.25, 0.3) is 0 Å². The molecule has 1 saturated heterocycles. The number of aromatic nitrogens is 4. The van der Waals surface area contributed by atoms with Crippen LogP contribution in [0.1, 0.15) is 47.7 Å². The third-order valence-corrected chi connectivity index (χ3v) is 6.10. The van der Waals surface area contributed by atoms with E-state index in [1.165, 1.54) is 39.1 Å². The van der Waals surface area contributed by atoms with Gasteiger partial charge in [0.05, 0.1) is 25.5 Å². The molecule has 0 aliphatic carbocycles. The molecule has 0 atom stereocenters. The van der Waals surface area contributed by atoms with Gasteiger partial charge in [-0.1, -0.05) is 6.92 Å². The highest BCUT2D eigenvalue weighted by molar-refractivity contribution is 5.96. The molecule has 0 bridgehead atoms. The molecule has 0 unspecified atom stereocenters. The Morgan fingerprint density at radius 1 is 1.12 bits per heavy atom. The molecule has 8 nitrogen and oxygen atoms in total. The van der Waals surface area contributed by atoms with Crippen molar-refractivity contribution in [3.63, 3.8) is 0 Å². The first kappa shape index (κ1) is 23.8. The van der Waals surface area contributed by atoms with Gasteiger partial charge in [-0.25, -0.2) is 14.4 Å². The van der Waals surface area contributed by atoms with Gasteiger partial charge in [-0.2, -0.15) is 5.10 Å². The van der Waals surface area contributed by atoms with Crippen LogP contribution in [0.3, 0.4) is 0 Å². The van der Waals surface area contributed by atoms with Crippen molar-refractivity contribution in [1.29, 1.82) is 0 Å². The molecule has 0 spiro atoms. The lowest BCUT2D eigenvalue weighted by Crippen LogP contribution is -2.24. The molecule has 1 aliphatic rings. The average Bonchev–Trinajstić information content (AvgIpc) is 3.54. The van der Waals surface area contributed by atoms with Gasteiger partial charge < -0.3 is 15.0 Å². The normalized spacial score (nSPS) is 13.9. The molecule has 1 aliphatic heterocycles. The first-order valence-corrected chi connectivity index (χ1v) is 11.8. The molecule has 1 aromatic carbocycles. The van der Waals surface area contributed by atoms with Crippen LogP contribution in [0.15, 0.2) is 36.9 Å². The number of ketones is 1. The van der Waals surface area contributed by atoms with E-state index in [1.54, 1.807) is 31.6 Å². The van der Waals surface area contributed by atoms with Gasteiger partial charge in [-0.15, -0.1) is 0 Å². The minimum absolute atomic E-state index is 0.0438. The highest BCUT2D eigenvalue weighted by Gasteiger charge is 2.15. The maximum absolute atomic E-state index is 14.7. The quantitative estimate of drug-likeness (QED) is 0.427. The highest BCUT2D eigenvalue weighted by atomic mass is 19.1. The van der Waals surface area contributed by atoms with Gasteiger partial charge in [-0.3, -0.25) is 9.48 Å². The summed E-state index contributed by atoms with van der Waals surface area (Å²) in [5.74, 6) is 0.0890. The lowest BCUT2D eigenvalue weighted by Gasteiger charge is -2.13. The Labute approximate surface area is 199 Å². The van der Waals surface area contributed by atoms with Gasteiger partial charge in [0.2, 0.25) is 5.95 Å². The highest BCUT2D eigenvalue weighted by Crippen LogP contribution is 2.25. The monoisotopic (exact) mass is 466 g/mol. The molecule has 180 valence electrons. The van der Waals surface area contributed by atoms with Crippen molar-refractivity contribution in [2.75, 3.05) is 32.1 Å². The molecule has 1 fully saturated rings. The van der Waals surface area contributed by atoms with Gasteiger partial charge >= 0.3 is 0 Å². The Bertz CT molecular complexity index is 1110. The van der Waals surface area contributed by atoms with Crippen molar-refractivity contribution in [2.24, 2.45) is 0 Å². The zero-order chi connectivity index (χ0) is 23.9. The zero-order valence-electron chi connectivity index (χ0n) is 19.8. The summed E-state index contributed by atoms with van der Waals surface area (Å²) in [6.45, 7) is 6.00. The lowest BCUT2D eigenvalue weighted by atomic mass is 10.00. The van der Waals surface area contributed by atoms with E-state index in [0.717, 1.165) is 24.3 Å². The van der Waals surface area contributed by atoms with E-state index in [2.05, 4.69) is 25.3 Å². The van der Waals surface area contributed by atoms with Crippen LogP contribution in [0.25, 0.3) is 0 Å². The molecule has 3 aromatic rings. The molecule has 3 heterocycles. The predicted molar refractivity (Wildman–Crippen MR) is 128 cm³/mol. The third kappa shape index (κ3) is 5.96. The average molecular weight is 467 g/mol. The molecule has 0 saturated carbocycles. The van der Waals surface area contributed by atoms with E-state index in [9.17, 15) is 9.18 Å². The molecule has 0 amide bonds. The van der Waals surface area contributed by atoms with E-state index in [-0.39, 0.29) is 11.5 Å². The number of carbonyl (C=O) groups excluding carboxylic acids is 1. The van der Waals surface area contributed by atoms with Crippen LogP contribution in [0.5, 0.6) is 5.75 Å². The molecule has 1 N–H and O–H groups in total. The summed E-state index contributed by atoms with van der Waals surface area (Å²) in [6.07, 6.45) is 11.0. The number of methoxy groups -OCH3 is 1. The van der Waals surface area contributed by atoms with Crippen LogP contribution in [-0.2, 0) is 19.4 Å². The minimum atomic E-state index is -0.434. The number of anilines is 2. The Morgan fingerprint density at radius 3 is 2.59 bits per heavy atom. The molecule has 2 aromatic heterocycles. The van der Waals surface area contributed by atoms with Gasteiger partial charge in [0.15, 0.2) is 17.3 Å². The topological polar surface area (TPSA) is 85.2 Å². The maximum atomic E-state index is 14.7. The number of ether oxygens (including phenoxy) is 1. The molecular formula is C25H31FN6O2. The molecular weight excluding hydrogens is 435 g/mol.